The third-order valence-electron chi connectivity index (χ3n) is 3.78. The van der Waals surface area contributed by atoms with E-state index in [-0.39, 0.29) is 41.2 Å². The van der Waals surface area contributed by atoms with Crippen molar-refractivity contribution in [2.24, 2.45) is 7.05 Å². The smallest absolute Gasteiger partial charge is 0.356 e. The first-order valence-electron chi connectivity index (χ1n) is 8.37. The zero-order valence-corrected chi connectivity index (χ0v) is 15.9. The van der Waals surface area contributed by atoms with E-state index in [1.165, 1.54) is 40.8 Å². The molecule has 0 fully saturated rings. The number of amides is 1. The van der Waals surface area contributed by atoms with Gasteiger partial charge in [-0.3, -0.25) is 14.2 Å². The maximum absolute atomic E-state index is 13.3. The first-order chi connectivity index (χ1) is 13.4. The molecule has 2 aromatic heterocycles. The van der Waals surface area contributed by atoms with Crippen LogP contribution in [0.4, 0.5) is 10.2 Å². The van der Waals surface area contributed by atoms with Crippen LogP contribution in [0.15, 0.2) is 36.5 Å². The number of aryl methyl sites for hydroxylation is 1. The zero-order valence-electron chi connectivity index (χ0n) is 15.1. The number of esters is 1. The van der Waals surface area contributed by atoms with Crippen molar-refractivity contribution in [2.75, 3.05) is 11.9 Å². The molecule has 2 heterocycles. The van der Waals surface area contributed by atoms with E-state index in [4.69, 9.17) is 16.3 Å². The molecule has 0 bridgehead atoms. The molecule has 1 N–H and O–H groups in total. The van der Waals surface area contributed by atoms with Crippen LogP contribution >= 0.6 is 11.6 Å². The lowest BCUT2D eigenvalue weighted by Gasteiger charge is -2.02. The third-order valence-corrected chi connectivity index (χ3v) is 4.06. The van der Waals surface area contributed by atoms with Crippen LogP contribution in [0.3, 0.4) is 0 Å². The minimum atomic E-state index is -0.580. The maximum atomic E-state index is 13.3. The number of benzene rings is 1. The van der Waals surface area contributed by atoms with Crippen LogP contribution in [-0.2, 0) is 18.3 Å². The summed E-state index contributed by atoms with van der Waals surface area (Å²) in [5.74, 6) is -1.37. The van der Waals surface area contributed by atoms with E-state index in [0.29, 0.717) is 5.56 Å². The van der Waals surface area contributed by atoms with Gasteiger partial charge >= 0.3 is 5.97 Å². The van der Waals surface area contributed by atoms with E-state index >= 15 is 0 Å². The molecule has 1 aromatic carbocycles. The van der Waals surface area contributed by atoms with Crippen LogP contribution < -0.4 is 5.32 Å². The molecule has 0 saturated carbocycles. The molecule has 3 rings (SSSR count). The van der Waals surface area contributed by atoms with Crippen LogP contribution in [0.1, 0.15) is 33.5 Å². The Labute approximate surface area is 164 Å². The van der Waals surface area contributed by atoms with Gasteiger partial charge in [-0.1, -0.05) is 23.7 Å². The Hall–Kier alpha value is -3.20. The molecule has 0 aliphatic carbocycles. The summed E-state index contributed by atoms with van der Waals surface area (Å²) in [6.07, 6.45) is 1.52. The summed E-state index contributed by atoms with van der Waals surface area (Å²) in [6.45, 7) is 2.18. The second-order valence-corrected chi connectivity index (χ2v) is 6.27. The van der Waals surface area contributed by atoms with Gasteiger partial charge in [-0.2, -0.15) is 10.2 Å². The zero-order chi connectivity index (χ0) is 20.3. The van der Waals surface area contributed by atoms with Gasteiger partial charge in [-0.05, 0) is 24.6 Å². The summed E-state index contributed by atoms with van der Waals surface area (Å²) in [5, 5.41) is 11.0. The van der Waals surface area contributed by atoms with Gasteiger partial charge in [0.15, 0.2) is 11.5 Å². The Bertz CT molecular complexity index is 1030. The van der Waals surface area contributed by atoms with Gasteiger partial charge in [0.05, 0.1) is 13.2 Å². The van der Waals surface area contributed by atoms with Gasteiger partial charge in [-0.15, -0.1) is 0 Å². The Kier molecular flexibility index (Phi) is 5.74. The number of hydrogen-bond donors (Lipinski definition) is 1. The van der Waals surface area contributed by atoms with E-state index in [0.717, 1.165) is 0 Å². The van der Waals surface area contributed by atoms with Gasteiger partial charge in [0.1, 0.15) is 16.5 Å². The minimum absolute atomic E-state index is 0.0151. The topological polar surface area (TPSA) is 91.0 Å². The monoisotopic (exact) mass is 405 g/mol. The highest BCUT2D eigenvalue weighted by molar-refractivity contribution is 6.33. The number of anilines is 1. The summed E-state index contributed by atoms with van der Waals surface area (Å²) < 4.78 is 21.0. The van der Waals surface area contributed by atoms with Gasteiger partial charge in [0, 0.05) is 19.3 Å². The molecule has 146 valence electrons. The highest BCUT2D eigenvalue weighted by atomic mass is 35.5. The molecular formula is C18H17ClFN5O3. The molecule has 28 heavy (non-hydrogen) atoms. The minimum Gasteiger partial charge on any atom is -0.461 e. The van der Waals surface area contributed by atoms with Crippen LogP contribution in [-0.4, -0.2) is 38.0 Å². The van der Waals surface area contributed by atoms with Gasteiger partial charge in [-0.25, -0.2) is 9.18 Å². The van der Waals surface area contributed by atoms with Crippen molar-refractivity contribution in [1.82, 2.24) is 19.6 Å². The van der Waals surface area contributed by atoms with Crippen molar-refractivity contribution >= 4 is 29.3 Å². The standard InChI is InChI=1S/C18H17ClFN5O3/c1-3-28-18(27)15-8-14(22-24(15)2)17(26)21-16-13(19)10-25(23-16)9-11-5-4-6-12(20)7-11/h4-8,10H,3,9H2,1-2H3,(H,21,23,26). The predicted molar refractivity (Wildman–Crippen MR) is 99.9 cm³/mol. The molecule has 0 aliphatic rings. The molecule has 3 aromatic rings. The fourth-order valence-corrected chi connectivity index (χ4v) is 2.73. The second-order valence-electron chi connectivity index (χ2n) is 5.87. The van der Waals surface area contributed by atoms with Crippen LogP contribution in [0.25, 0.3) is 0 Å². The summed E-state index contributed by atoms with van der Waals surface area (Å²) in [5.41, 5.74) is 0.858. The van der Waals surface area contributed by atoms with Crippen molar-refractivity contribution in [1.29, 1.82) is 0 Å². The highest BCUT2D eigenvalue weighted by Gasteiger charge is 2.20. The molecule has 0 unspecified atom stereocenters. The number of nitrogens with one attached hydrogen (secondary N) is 1. The molecule has 8 nitrogen and oxygen atoms in total. The number of halogens is 2. The molecule has 0 atom stereocenters. The summed E-state index contributed by atoms with van der Waals surface area (Å²) >= 11 is 6.13. The van der Waals surface area contributed by atoms with Gasteiger partial charge < -0.3 is 10.1 Å². The Balaban J connectivity index is 1.73. The molecular weight excluding hydrogens is 389 g/mol. The van der Waals surface area contributed by atoms with E-state index in [1.54, 1.807) is 19.1 Å². The van der Waals surface area contributed by atoms with Crippen LogP contribution in [0.2, 0.25) is 5.02 Å². The summed E-state index contributed by atoms with van der Waals surface area (Å²) in [7, 11) is 1.53. The first kappa shape index (κ1) is 19.6. The summed E-state index contributed by atoms with van der Waals surface area (Å²) in [6, 6.07) is 7.41. The molecule has 0 aliphatic heterocycles. The highest BCUT2D eigenvalue weighted by Crippen LogP contribution is 2.21. The van der Waals surface area contributed by atoms with Crippen LogP contribution in [0, 0.1) is 5.82 Å². The average molecular weight is 406 g/mol. The van der Waals surface area contributed by atoms with E-state index in [2.05, 4.69) is 15.5 Å². The number of hydrogen-bond acceptors (Lipinski definition) is 5. The fourth-order valence-electron chi connectivity index (χ4n) is 2.53. The molecule has 1 amide bonds. The van der Waals surface area contributed by atoms with E-state index in [9.17, 15) is 14.0 Å². The average Bonchev–Trinajstić information content (AvgIpc) is 3.18. The SMILES string of the molecule is CCOC(=O)c1cc(C(=O)Nc2nn(Cc3cccc(F)c3)cc2Cl)nn1C. The Morgan fingerprint density at radius 1 is 1.29 bits per heavy atom. The maximum Gasteiger partial charge on any atom is 0.356 e. The van der Waals surface area contributed by atoms with Crippen molar-refractivity contribution < 1.29 is 18.7 Å². The fraction of sp³-hybridized carbons (Fsp3) is 0.222. The first-order valence-corrected chi connectivity index (χ1v) is 8.75. The third kappa shape index (κ3) is 4.37. The largest absolute Gasteiger partial charge is 0.461 e. The van der Waals surface area contributed by atoms with Gasteiger partial charge in [0.25, 0.3) is 5.91 Å². The predicted octanol–water partition coefficient (Wildman–Crippen LogP) is 2.89. The normalized spacial score (nSPS) is 10.7. The van der Waals surface area contributed by atoms with E-state index < -0.39 is 11.9 Å². The van der Waals surface area contributed by atoms with E-state index in [1.807, 2.05) is 0 Å². The lowest BCUT2D eigenvalue weighted by molar-refractivity contribution is 0.0513. The molecule has 0 spiro atoms. The number of ether oxygens (including phenoxy) is 1. The quantitative estimate of drug-likeness (QED) is 0.637. The lowest BCUT2D eigenvalue weighted by Crippen LogP contribution is -2.14. The number of nitrogens with zero attached hydrogens (tertiary/aromatic N) is 4. The molecule has 10 heteroatoms. The number of carbonyl (C=O) groups excluding carboxylic acids is 2. The number of rotatable bonds is 6. The van der Waals surface area contributed by atoms with Crippen molar-refractivity contribution in [2.45, 2.75) is 13.5 Å². The van der Waals surface area contributed by atoms with Crippen LogP contribution in [0.5, 0.6) is 0 Å². The van der Waals surface area contributed by atoms with Gasteiger partial charge in [0.2, 0.25) is 0 Å². The molecule has 0 saturated heterocycles. The molecule has 0 radical (unpaired) electrons. The Morgan fingerprint density at radius 2 is 2.07 bits per heavy atom. The van der Waals surface area contributed by atoms with Crippen molar-refractivity contribution in [3.63, 3.8) is 0 Å². The van der Waals surface area contributed by atoms with Crippen molar-refractivity contribution in [3.8, 4) is 0 Å². The summed E-state index contributed by atoms with van der Waals surface area (Å²) in [4.78, 5) is 24.3. The lowest BCUT2D eigenvalue weighted by atomic mass is 10.2. The second kappa shape index (κ2) is 8.22. The number of aromatic nitrogens is 4. The van der Waals surface area contributed by atoms with Crippen molar-refractivity contribution in [3.05, 3.63) is 64.3 Å². The number of carbonyl (C=O) groups is 2. The Morgan fingerprint density at radius 3 is 2.79 bits per heavy atom.